The highest BCUT2D eigenvalue weighted by Crippen LogP contribution is 2.38. The fourth-order valence-electron chi connectivity index (χ4n) is 2.12. The largest absolute Gasteiger partial charge is 0.493 e. The number of carbonyl (C=O) groups is 1. The van der Waals surface area contributed by atoms with Crippen LogP contribution < -0.4 is 19.9 Å². The molecule has 0 aliphatic rings. The highest BCUT2D eigenvalue weighted by Gasteiger charge is 2.11. The maximum Gasteiger partial charge on any atom is 0.333 e. The van der Waals surface area contributed by atoms with Crippen molar-refractivity contribution in [1.29, 1.82) is 0 Å². The van der Waals surface area contributed by atoms with E-state index >= 15 is 0 Å². The van der Waals surface area contributed by atoms with E-state index in [0.29, 0.717) is 41.5 Å². The van der Waals surface area contributed by atoms with Crippen molar-refractivity contribution in [2.75, 3.05) is 33.7 Å². The molecule has 0 aliphatic heterocycles. The number of nitrogens with two attached hydrogens (primary N) is 1. The van der Waals surface area contributed by atoms with Gasteiger partial charge in [-0.25, -0.2) is 4.79 Å². The summed E-state index contributed by atoms with van der Waals surface area (Å²) < 4.78 is 20.1. The van der Waals surface area contributed by atoms with Crippen molar-refractivity contribution in [1.82, 2.24) is 4.98 Å². The summed E-state index contributed by atoms with van der Waals surface area (Å²) in [5, 5.41) is 0. The zero-order valence-corrected chi connectivity index (χ0v) is 15.6. The number of hydrogen-bond donors (Lipinski definition) is 2. The summed E-state index contributed by atoms with van der Waals surface area (Å²) in [6.07, 6.45) is 4.19. The van der Waals surface area contributed by atoms with Crippen LogP contribution in [-0.4, -0.2) is 38.9 Å². The van der Waals surface area contributed by atoms with Crippen LogP contribution >= 0.6 is 0 Å². The summed E-state index contributed by atoms with van der Waals surface area (Å²) in [6.45, 7) is 5.83. The van der Waals surface area contributed by atoms with E-state index in [-0.39, 0.29) is 5.97 Å². The van der Waals surface area contributed by atoms with E-state index in [2.05, 4.69) is 11.6 Å². The second-order valence-electron chi connectivity index (χ2n) is 5.18. The van der Waals surface area contributed by atoms with Crippen LogP contribution in [0.3, 0.4) is 0 Å². The first-order valence-electron chi connectivity index (χ1n) is 7.98. The van der Waals surface area contributed by atoms with Gasteiger partial charge in [-0.2, -0.15) is 0 Å². The Morgan fingerprint density at radius 1 is 1.15 bits per heavy atom. The van der Waals surface area contributed by atoms with Crippen LogP contribution in [0.25, 0.3) is 0 Å². The second-order valence-corrected chi connectivity index (χ2v) is 5.18. The average molecular weight is 362 g/mol. The maximum atomic E-state index is 11.1. The number of aromatic amines is 1. The molecule has 1 aromatic carbocycles. The molecule has 1 aromatic heterocycles. The monoisotopic (exact) mass is 362 g/mol. The van der Waals surface area contributed by atoms with Crippen LogP contribution in [0.4, 0.5) is 5.69 Å². The number of nitrogens with one attached hydrogen (secondary N) is 1. The van der Waals surface area contributed by atoms with Gasteiger partial charge in [0, 0.05) is 42.2 Å². The predicted molar refractivity (Wildman–Crippen MR) is 101 cm³/mol. The van der Waals surface area contributed by atoms with Crippen molar-refractivity contribution < 1.29 is 23.7 Å². The van der Waals surface area contributed by atoms with E-state index in [1.807, 2.05) is 18.5 Å². The van der Waals surface area contributed by atoms with Crippen LogP contribution in [0.2, 0.25) is 0 Å². The number of nitrogen functional groups attached to an aromatic ring is 1. The lowest BCUT2D eigenvalue weighted by atomic mass is 10.1. The molecule has 0 atom stereocenters. The molecular formula is C19H26N2O5. The van der Waals surface area contributed by atoms with Crippen LogP contribution in [0.5, 0.6) is 17.2 Å². The van der Waals surface area contributed by atoms with Gasteiger partial charge in [-0.05, 0) is 18.6 Å². The molecule has 0 amide bonds. The third-order valence-electron chi connectivity index (χ3n) is 3.33. The van der Waals surface area contributed by atoms with Gasteiger partial charge in [0.2, 0.25) is 5.75 Å². The molecule has 26 heavy (non-hydrogen) atoms. The minimum absolute atomic E-state index is 0.316. The summed E-state index contributed by atoms with van der Waals surface area (Å²) in [5.74, 6) is 1.38. The predicted octanol–water partition coefficient (Wildman–Crippen LogP) is 2.97. The molecule has 0 bridgehead atoms. The maximum absolute atomic E-state index is 11.1. The highest BCUT2D eigenvalue weighted by atomic mass is 16.5. The second kappa shape index (κ2) is 10.7. The van der Waals surface area contributed by atoms with Crippen LogP contribution in [0.1, 0.15) is 12.5 Å². The van der Waals surface area contributed by atoms with Gasteiger partial charge in [0.25, 0.3) is 0 Å². The Bertz CT molecular complexity index is 686. The molecule has 7 heteroatoms. The van der Waals surface area contributed by atoms with Crippen molar-refractivity contribution in [3.8, 4) is 17.2 Å². The Hall–Kier alpha value is -3.09. The van der Waals surface area contributed by atoms with Crippen LogP contribution in [0.15, 0.2) is 42.7 Å². The Morgan fingerprint density at radius 2 is 1.77 bits per heavy atom. The minimum atomic E-state index is -0.316. The number of ether oxygens (including phenoxy) is 4. The molecule has 0 saturated carbocycles. The number of esters is 1. The van der Waals surface area contributed by atoms with E-state index in [0.717, 1.165) is 5.56 Å². The van der Waals surface area contributed by atoms with Crippen molar-refractivity contribution >= 4 is 11.7 Å². The molecule has 0 spiro atoms. The summed E-state index contributed by atoms with van der Waals surface area (Å²) >= 11 is 0. The Kier molecular flexibility index (Phi) is 8.63. The lowest BCUT2D eigenvalue weighted by Crippen LogP contribution is -2.08. The van der Waals surface area contributed by atoms with Crippen LogP contribution in [0, 0.1) is 0 Å². The number of aromatic nitrogens is 1. The molecule has 142 valence electrons. The van der Waals surface area contributed by atoms with E-state index in [1.54, 1.807) is 40.4 Å². The van der Waals surface area contributed by atoms with Gasteiger partial charge in [0.05, 0.1) is 27.9 Å². The van der Waals surface area contributed by atoms with E-state index in [9.17, 15) is 4.79 Å². The Labute approximate surface area is 153 Å². The van der Waals surface area contributed by atoms with Gasteiger partial charge in [0.1, 0.15) is 0 Å². The minimum Gasteiger partial charge on any atom is -0.493 e. The van der Waals surface area contributed by atoms with Gasteiger partial charge in [-0.15, -0.1) is 0 Å². The SMILES string of the molecule is C=C(Cc1cc[nH]c1)C(=O)OCC.COc1cc(N)cc(OC)c1OC. The highest BCUT2D eigenvalue weighted by molar-refractivity contribution is 5.88. The molecule has 0 aliphatic carbocycles. The molecule has 3 N–H and O–H groups in total. The summed E-state index contributed by atoms with van der Waals surface area (Å²) in [7, 11) is 4.66. The molecule has 0 saturated heterocycles. The summed E-state index contributed by atoms with van der Waals surface area (Å²) in [6, 6.07) is 5.27. The van der Waals surface area contributed by atoms with E-state index in [4.69, 9.17) is 24.7 Å². The first-order chi connectivity index (χ1) is 12.5. The molecule has 0 radical (unpaired) electrons. The first-order valence-corrected chi connectivity index (χ1v) is 7.98. The standard InChI is InChI=1S/C10H13NO2.C9H13NO3/c1-3-13-10(12)8(2)6-9-4-5-11-7-9;1-11-7-4-6(10)5-8(12-2)9(7)13-3/h4-5,7,11H,2-3,6H2,1H3;4-5H,10H2,1-3H3. The van der Waals surface area contributed by atoms with Gasteiger partial charge >= 0.3 is 5.97 Å². The van der Waals surface area contributed by atoms with E-state index < -0.39 is 0 Å². The van der Waals surface area contributed by atoms with Crippen LogP contribution in [-0.2, 0) is 16.0 Å². The first kappa shape index (κ1) is 21.0. The Balaban J connectivity index is 0.000000260. The van der Waals surface area contributed by atoms with Gasteiger partial charge in [0.15, 0.2) is 11.5 Å². The van der Waals surface area contributed by atoms with E-state index in [1.165, 1.54) is 0 Å². The van der Waals surface area contributed by atoms with Crippen molar-refractivity contribution in [2.45, 2.75) is 13.3 Å². The molecule has 0 fully saturated rings. The molecule has 1 heterocycles. The molecular weight excluding hydrogens is 336 g/mol. The Morgan fingerprint density at radius 3 is 2.19 bits per heavy atom. The topological polar surface area (TPSA) is 95.8 Å². The smallest absolute Gasteiger partial charge is 0.333 e. The molecule has 2 aromatic rings. The number of benzene rings is 1. The number of H-pyrrole nitrogens is 1. The third-order valence-corrected chi connectivity index (χ3v) is 3.33. The number of hydrogen-bond acceptors (Lipinski definition) is 6. The van der Waals surface area contributed by atoms with Crippen molar-refractivity contribution in [3.63, 3.8) is 0 Å². The lowest BCUT2D eigenvalue weighted by Gasteiger charge is -2.12. The number of carbonyl (C=O) groups excluding carboxylic acids is 1. The fraction of sp³-hybridized carbons (Fsp3) is 0.316. The lowest BCUT2D eigenvalue weighted by molar-refractivity contribution is -0.138. The average Bonchev–Trinajstić information content (AvgIpc) is 3.14. The normalized spacial score (nSPS) is 9.54. The van der Waals surface area contributed by atoms with Gasteiger partial charge in [-0.3, -0.25) is 0 Å². The fourth-order valence-corrected chi connectivity index (χ4v) is 2.12. The van der Waals surface area contributed by atoms with Gasteiger partial charge < -0.3 is 29.7 Å². The quantitative estimate of drug-likeness (QED) is 0.447. The molecule has 7 nitrogen and oxygen atoms in total. The zero-order valence-electron chi connectivity index (χ0n) is 15.6. The number of methoxy groups -OCH3 is 3. The van der Waals surface area contributed by atoms with Crippen molar-refractivity contribution in [3.05, 3.63) is 48.3 Å². The van der Waals surface area contributed by atoms with Gasteiger partial charge in [-0.1, -0.05) is 6.58 Å². The summed E-state index contributed by atoms with van der Waals surface area (Å²) in [4.78, 5) is 14.1. The summed E-state index contributed by atoms with van der Waals surface area (Å²) in [5.41, 5.74) is 7.72. The molecule has 2 rings (SSSR count). The number of anilines is 1. The molecule has 0 unspecified atom stereocenters. The number of rotatable bonds is 7. The van der Waals surface area contributed by atoms with Crippen molar-refractivity contribution in [2.24, 2.45) is 0 Å². The zero-order chi connectivity index (χ0) is 19.5. The third kappa shape index (κ3) is 6.08.